The lowest BCUT2D eigenvalue weighted by Crippen LogP contribution is -2.02. The van der Waals surface area contributed by atoms with Crippen molar-refractivity contribution < 1.29 is 0 Å². The van der Waals surface area contributed by atoms with Gasteiger partial charge in [0.25, 0.3) is 0 Å². The second kappa shape index (κ2) is 6.42. The summed E-state index contributed by atoms with van der Waals surface area (Å²) in [4.78, 5) is 0. The van der Waals surface area contributed by atoms with Gasteiger partial charge >= 0.3 is 0 Å². The van der Waals surface area contributed by atoms with Crippen LogP contribution in [0.3, 0.4) is 0 Å². The number of hydrogen-bond acceptors (Lipinski definition) is 0. The summed E-state index contributed by atoms with van der Waals surface area (Å²) >= 11 is 12.6. The Morgan fingerprint density at radius 1 is 0.905 bits per heavy atom. The number of aryl methyl sites for hydroxylation is 1. The molecule has 0 aliphatic carbocycles. The molecule has 0 radical (unpaired) electrons. The van der Waals surface area contributed by atoms with Crippen LogP contribution >= 0.6 is 23.2 Å². The average Bonchev–Trinajstić information content (AvgIpc) is 2.36. The standard InChI is InChI=1S/C19H22Cl2/c1-11(2)15-7-6-8-16(18(15)12(3)4)19-13(5)9-14(20)10-17(19)21/h6-12H,1-5H3. The highest BCUT2D eigenvalue weighted by Gasteiger charge is 2.18. The average molecular weight is 321 g/mol. The van der Waals surface area contributed by atoms with Gasteiger partial charge in [0.15, 0.2) is 0 Å². The van der Waals surface area contributed by atoms with Crippen molar-refractivity contribution in [3.8, 4) is 11.1 Å². The van der Waals surface area contributed by atoms with Crippen LogP contribution in [0, 0.1) is 6.92 Å². The minimum atomic E-state index is 0.449. The van der Waals surface area contributed by atoms with Crippen molar-refractivity contribution in [2.24, 2.45) is 0 Å². The van der Waals surface area contributed by atoms with Gasteiger partial charge in [-0.3, -0.25) is 0 Å². The largest absolute Gasteiger partial charge is 0.0843 e. The first-order valence-corrected chi connectivity index (χ1v) is 8.17. The smallest absolute Gasteiger partial charge is 0.0501 e. The van der Waals surface area contributed by atoms with E-state index in [1.54, 1.807) is 0 Å². The van der Waals surface area contributed by atoms with Crippen molar-refractivity contribution >= 4 is 23.2 Å². The van der Waals surface area contributed by atoms with E-state index in [4.69, 9.17) is 23.2 Å². The van der Waals surface area contributed by atoms with Crippen LogP contribution < -0.4 is 0 Å². The zero-order valence-corrected chi connectivity index (χ0v) is 14.8. The molecule has 0 N–H and O–H groups in total. The van der Waals surface area contributed by atoms with E-state index in [1.165, 1.54) is 16.7 Å². The molecule has 0 heterocycles. The van der Waals surface area contributed by atoms with E-state index in [-0.39, 0.29) is 0 Å². The van der Waals surface area contributed by atoms with Crippen LogP contribution in [-0.4, -0.2) is 0 Å². The Morgan fingerprint density at radius 3 is 2.10 bits per heavy atom. The van der Waals surface area contributed by atoms with E-state index in [1.807, 2.05) is 12.1 Å². The summed E-state index contributed by atoms with van der Waals surface area (Å²) in [5.74, 6) is 0.943. The molecule has 0 aliphatic rings. The normalized spacial score (nSPS) is 11.5. The Hall–Kier alpha value is -0.980. The Labute approximate surface area is 138 Å². The van der Waals surface area contributed by atoms with Gasteiger partial charge in [-0.25, -0.2) is 0 Å². The first kappa shape index (κ1) is 16.4. The molecule has 0 nitrogen and oxygen atoms in total. The van der Waals surface area contributed by atoms with Crippen LogP contribution in [0.15, 0.2) is 30.3 Å². The molecule has 0 saturated carbocycles. The Bertz CT molecular complexity index is 632. The number of benzene rings is 2. The molecule has 0 fully saturated rings. The first-order valence-electron chi connectivity index (χ1n) is 7.41. The summed E-state index contributed by atoms with van der Waals surface area (Å²) in [5, 5.41) is 1.41. The second-order valence-electron chi connectivity index (χ2n) is 6.20. The minimum Gasteiger partial charge on any atom is -0.0843 e. The number of hydrogen-bond donors (Lipinski definition) is 0. The van der Waals surface area contributed by atoms with Crippen LogP contribution in [0.4, 0.5) is 0 Å². The summed E-state index contributed by atoms with van der Waals surface area (Å²) in [6.45, 7) is 11.0. The van der Waals surface area contributed by atoms with Gasteiger partial charge in [-0.05, 0) is 53.1 Å². The number of halogens is 2. The topological polar surface area (TPSA) is 0 Å². The summed E-state index contributed by atoms with van der Waals surface area (Å²) in [5.41, 5.74) is 6.24. The van der Waals surface area contributed by atoms with E-state index in [2.05, 4.69) is 52.8 Å². The molecule has 0 amide bonds. The molecular weight excluding hydrogens is 299 g/mol. The third-order valence-corrected chi connectivity index (χ3v) is 4.38. The SMILES string of the molecule is Cc1cc(Cl)cc(Cl)c1-c1cccc(C(C)C)c1C(C)C. The predicted octanol–water partition coefficient (Wildman–Crippen LogP) is 7.22. The van der Waals surface area contributed by atoms with Gasteiger partial charge in [0.1, 0.15) is 0 Å². The highest BCUT2D eigenvalue weighted by Crippen LogP contribution is 2.40. The quantitative estimate of drug-likeness (QED) is 0.560. The van der Waals surface area contributed by atoms with Gasteiger partial charge in [0.2, 0.25) is 0 Å². The highest BCUT2D eigenvalue weighted by molar-refractivity contribution is 6.36. The Morgan fingerprint density at radius 2 is 1.57 bits per heavy atom. The molecule has 0 unspecified atom stereocenters. The molecule has 0 aliphatic heterocycles. The van der Waals surface area contributed by atoms with E-state index in [0.717, 1.165) is 16.1 Å². The van der Waals surface area contributed by atoms with E-state index < -0.39 is 0 Å². The van der Waals surface area contributed by atoms with Crippen molar-refractivity contribution in [2.45, 2.75) is 46.5 Å². The molecule has 0 atom stereocenters. The maximum Gasteiger partial charge on any atom is 0.0501 e. The van der Waals surface area contributed by atoms with Crippen LogP contribution in [0.25, 0.3) is 11.1 Å². The van der Waals surface area contributed by atoms with Crippen molar-refractivity contribution in [3.05, 3.63) is 57.1 Å². The fourth-order valence-corrected chi connectivity index (χ4v) is 3.69. The van der Waals surface area contributed by atoms with Crippen LogP contribution in [0.1, 0.15) is 56.2 Å². The Kier molecular flexibility index (Phi) is 5.01. The van der Waals surface area contributed by atoms with E-state index in [9.17, 15) is 0 Å². The molecule has 2 aromatic carbocycles. The van der Waals surface area contributed by atoms with Crippen molar-refractivity contribution in [2.75, 3.05) is 0 Å². The second-order valence-corrected chi connectivity index (χ2v) is 7.04. The molecule has 0 aromatic heterocycles. The van der Waals surface area contributed by atoms with Gasteiger partial charge in [0.05, 0.1) is 5.02 Å². The molecule has 2 rings (SSSR count). The van der Waals surface area contributed by atoms with Crippen LogP contribution in [-0.2, 0) is 0 Å². The lowest BCUT2D eigenvalue weighted by molar-refractivity contribution is 0.792. The van der Waals surface area contributed by atoms with Gasteiger partial charge in [-0.15, -0.1) is 0 Å². The van der Waals surface area contributed by atoms with Crippen molar-refractivity contribution in [3.63, 3.8) is 0 Å². The number of rotatable bonds is 3. The molecule has 112 valence electrons. The van der Waals surface area contributed by atoms with Crippen LogP contribution in [0.2, 0.25) is 10.0 Å². The zero-order chi connectivity index (χ0) is 15.7. The summed E-state index contributed by atoms with van der Waals surface area (Å²) in [6.07, 6.45) is 0. The molecule has 21 heavy (non-hydrogen) atoms. The van der Waals surface area contributed by atoms with Gasteiger partial charge in [-0.2, -0.15) is 0 Å². The molecule has 0 spiro atoms. The van der Waals surface area contributed by atoms with Gasteiger partial charge in [0, 0.05) is 10.6 Å². The van der Waals surface area contributed by atoms with Gasteiger partial charge < -0.3 is 0 Å². The van der Waals surface area contributed by atoms with Crippen molar-refractivity contribution in [1.82, 2.24) is 0 Å². The van der Waals surface area contributed by atoms with Crippen molar-refractivity contribution in [1.29, 1.82) is 0 Å². The minimum absolute atomic E-state index is 0.449. The van der Waals surface area contributed by atoms with E-state index >= 15 is 0 Å². The fraction of sp³-hybridized carbons (Fsp3) is 0.368. The van der Waals surface area contributed by atoms with Gasteiger partial charge in [-0.1, -0.05) is 69.1 Å². The summed E-state index contributed by atoms with van der Waals surface area (Å²) in [6, 6.07) is 10.3. The molecular formula is C19H22Cl2. The summed E-state index contributed by atoms with van der Waals surface area (Å²) in [7, 11) is 0. The molecule has 0 saturated heterocycles. The maximum absolute atomic E-state index is 6.49. The predicted molar refractivity (Wildman–Crippen MR) is 94.8 cm³/mol. The monoisotopic (exact) mass is 320 g/mol. The first-order chi connectivity index (χ1) is 9.82. The molecule has 0 bridgehead atoms. The Balaban J connectivity index is 2.79. The maximum atomic E-state index is 6.49. The highest BCUT2D eigenvalue weighted by atomic mass is 35.5. The lowest BCUT2D eigenvalue weighted by Gasteiger charge is -2.22. The molecule has 2 heteroatoms. The molecule has 2 aromatic rings. The van der Waals surface area contributed by atoms with Crippen LogP contribution in [0.5, 0.6) is 0 Å². The third-order valence-electron chi connectivity index (χ3n) is 3.86. The lowest BCUT2D eigenvalue weighted by atomic mass is 9.83. The zero-order valence-electron chi connectivity index (χ0n) is 13.3. The fourth-order valence-electron chi connectivity index (χ4n) is 2.99. The summed E-state index contributed by atoms with van der Waals surface area (Å²) < 4.78 is 0. The third kappa shape index (κ3) is 3.27. The van der Waals surface area contributed by atoms with E-state index in [0.29, 0.717) is 16.9 Å².